The second kappa shape index (κ2) is 13.3. The van der Waals surface area contributed by atoms with Gasteiger partial charge in [-0.15, -0.1) is 0 Å². The van der Waals surface area contributed by atoms with E-state index in [2.05, 4.69) is 18.5 Å². The number of rotatable bonds is 12. The zero-order valence-corrected chi connectivity index (χ0v) is 24.1. The van der Waals surface area contributed by atoms with Crippen molar-refractivity contribution in [3.8, 4) is 17.2 Å². The van der Waals surface area contributed by atoms with Gasteiger partial charge in [0.1, 0.15) is 12.4 Å². The second-order valence-electron chi connectivity index (χ2n) is 9.21. The number of unbranched alkanes of at least 4 members (excludes halogenated alkanes) is 2. The highest BCUT2D eigenvalue weighted by molar-refractivity contribution is 7.07. The number of fused-ring (bicyclic) bond motifs is 1. The summed E-state index contributed by atoms with van der Waals surface area (Å²) in [5, 5.41) is 0. The van der Waals surface area contributed by atoms with Crippen LogP contribution in [0, 0.1) is 0 Å². The molecule has 2 heterocycles. The van der Waals surface area contributed by atoms with Gasteiger partial charge in [-0.3, -0.25) is 9.36 Å². The van der Waals surface area contributed by atoms with Gasteiger partial charge in [0.2, 0.25) is 0 Å². The Morgan fingerprint density at radius 1 is 1.10 bits per heavy atom. The average molecular weight is 563 g/mol. The van der Waals surface area contributed by atoms with E-state index in [0.717, 1.165) is 30.4 Å². The molecule has 2 aromatic carbocycles. The molecule has 0 amide bonds. The molecule has 0 saturated heterocycles. The largest absolute Gasteiger partial charge is 0.497 e. The van der Waals surface area contributed by atoms with Crippen LogP contribution in [-0.4, -0.2) is 38.0 Å². The summed E-state index contributed by atoms with van der Waals surface area (Å²) >= 11 is 1.26. The number of nitrogens with zero attached hydrogens (tertiary/aromatic N) is 2. The zero-order chi connectivity index (χ0) is 28.6. The molecule has 1 aliphatic heterocycles. The predicted octanol–water partition coefficient (Wildman–Crippen LogP) is 4.55. The highest BCUT2D eigenvalue weighted by Gasteiger charge is 2.33. The van der Waals surface area contributed by atoms with Crippen LogP contribution in [0.5, 0.6) is 17.2 Å². The lowest BCUT2D eigenvalue weighted by Gasteiger charge is -2.24. The van der Waals surface area contributed by atoms with Crippen molar-refractivity contribution in [3.63, 3.8) is 0 Å². The van der Waals surface area contributed by atoms with Gasteiger partial charge < -0.3 is 18.9 Å². The molecule has 0 N–H and O–H groups in total. The molecule has 40 heavy (non-hydrogen) atoms. The van der Waals surface area contributed by atoms with Crippen molar-refractivity contribution in [2.24, 2.45) is 4.99 Å². The summed E-state index contributed by atoms with van der Waals surface area (Å²) in [5.41, 5.74) is 2.06. The number of hydrogen-bond donors (Lipinski definition) is 0. The molecule has 0 saturated carbocycles. The first-order valence-electron chi connectivity index (χ1n) is 13.2. The SMILES string of the molecule is C=CCOC(=O)C1=C(C)N=c2sc(=Cc3ccc(OCCCCC)c(OC)c3)c(=O)n2C1c1ccc(OC)cc1. The Bertz CT molecular complexity index is 1580. The molecule has 0 fully saturated rings. The molecular weight excluding hydrogens is 528 g/mol. The van der Waals surface area contributed by atoms with Gasteiger partial charge in [-0.1, -0.05) is 62.0 Å². The molecule has 3 aromatic rings. The molecule has 1 aromatic heterocycles. The van der Waals surface area contributed by atoms with E-state index in [1.807, 2.05) is 30.3 Å². The Balaban J connectivity index is 1.78. The molecule has 1 atom stereocenters. The standard InChI is InChI=1S/C31H34N2O6S/c1-6-8-9-17-38-24-15-10-21(18-25(24)37-5)19-26-29(34)33-28(22-11-13-23(36-4)14-12-22)27(30(35)39-16-7-2)20(3)32-31(33)40-26/h7,10-15,18-19,28H,2,6,8-9,16-17H2,1,3-5H3. The maximum absolute atomic E-state index is 13.8. The van der Waals surface area contributed by atoms with Crippen molar-refractivity contribution in [1.29, 1.82) is 0 Å². The lowest BCUT2D eigenvalue weighted by atomic mass is 9.96. The van der Waals surface area contributed by atoms with Gasteiger partial charge in [-0.05, 0) is 54.8 Å². The van der Waals surface area contributed by atoms with Crippen LogP contribution in [0.15, 0.2) is 76.2 Å². The lowest BCUT2D eigenvalue weighted by Crippen LogP contribution is -2.39. The summed E-state index contributed by atoms with van der Waals surface area (Å²) in [4.78, 5) is 32.1. The summed E-state index contributed by atoms with van der Waals surface area (Å²) in [7, 11) is 3.18. The number of carbonyl (C=O) groups is 1. The predicted molar refractivity (Wildman–Crippen MR) is 156 cm³/mol. The number of aromatic nitrogens is 1. The van der Waals surface area contributed by atoms with E-state index >= 15 is 0 Å². The summed E-state index contributed by atoms with van der Waals surface area (Å²) in [6.45, 7) is 8.19. The molecule has 8 nitrogen and oxygen atoms in total. The zero-order valence-electron chi connectivity index (χ0n) is 23.3. The van der Waals surface area contributed by atoms with Gasteiger partial charge in [-0.25, -0.2) is 9.79 Å². The third-order valence-electron chi connectivity index (χ3n) is 6.50. The first-order valence-corrected chi connectivity index (χ1v) is 14.0. The molecule has 4 rings (SSSR count). The van der Waals surface area contributed by atoms with E-state index in [1.165, 1.54) is 17.4 Å². The highest BCUT2D eigenvalue weighted by Crippen LogP contribution is 2.32. The smallest absolute Gasteiger partial charge is 0.338 e. The normalized spacial score (nSPS) is 14.8. The minimum Gasteiger partial charge on any atom is -0.497 e. The number of thiazole rings is 1. The lowest BCUT2D eigenvalue weighted by molar-refractivity contribution is -0.138. The quantitative estimate of drug-likeness (QED) is 0.183. The van der Waals surface area contributed by atoms with Crippen molar-refractivity contribution >= 4 is 23.4 Å². The molecule has 210 valence electrons. The third kappa shape index (κ3) is 6.20. The van der Waals surface area contributed by atoms with Gasteiger partial charge in [0.05, 0.1) is 42.7 Å². The number of methoxy groups -OCH3 is 2. The minimum absolute atomic E-state index is 0.0511. The molecule has 0 spiro atoms. The molecule has 0 bridgehead atoms. The number of hydrogen-bond acceptors (Lipinski definition) is 8. The molecule has 0 radical (unpaired) electrons. The Kier molecular flexibility index (Phi) is 9.60. The van der Waals surface area contributed by atoms with Crippen LogP contribution in [0.4, 0.5) is 0 Å². The average Bonchev–Trinajstić information content (AvgIpc) is 3.27. The van der Waals surface area contributed by atoms with Crippen molar-refractivity contribution in [1.82, 2.24) is 4.57 Å². The Morgan fingerprint density at radius 2 is 1.88 bits per heavy atom. The second-order valence-corrected chi connectivity index (χ2v) is 10.2. The van der Waals surface area contributed by atoms with E-state index < -0.39 is 12.0 Å². The van der Waals surface area contributed by atoms with Gasteiger partial charge >= 0.3 is 5.97 Å². The maximum Gasteiger partial charge on any atom is 0.338 e. The van der Waals surface area contributed by atoms with Crippen LogP contribution in [0.2, 0.25) is 0 Å². The number of ether oxygens (including phenoxy) is 4. The van der Waals surface area contributed by atoms with Crippen LogP contribution in [0.25, 0.3) is 6.08 Å². The topological polar surface area (TPSA) is 88.4 Å². The molecular formula is C31H34N2O6S. The summed E-state index contributed by atoms with van der Waals surface area (Å²) in [6.07, 6.45) is 6.49. The number of carbonyl (C=O) groups excluding carboxylic acids is 1. The molecule has 0 aliphatic carbocycles. The minimum atomic E-state index is -0.713. The Hall–Kier alpha value is -4.11. The highest BCUT2D eigenvalue weighted by atomic mass is 32.1. The number of esters is 1. The van der Waals surface area contributed by atoms with Crippen molar-refractivity contribution in [2.75, 3.05) is 27.4 Å². The summed E-state index contributed by atoms with van der Waals surface area (Å²) in [6, 6.07) is 12.1. The van der Waals surface area contributed by atoms with Gasteiger partial charge in [0.15, 0.2) is 16.3 Å². The number of allylic oxidation sites excluding steroid dienone is 1. The van der Waals surface area contributed by atoms with Crippen molar-refractivity contribution in [2.45, 2.75) is 39.2 Å². The first kappa shape index (κ1) is 28.9. The van der Waals surface area contributed by atoms with E-state index in [-0.39, 0.29) is 12.2 Å². The van der Waals surface area contributed by atoms with E-state index in [4.69, 9.17) is 18.9 Å². The fraction of sp³-hybridized carbons (Fsp3) is 0.323. The van der Waals surface area contributed by atoms with E-state index in [1.54, 1.807) is 43.9 Å². The van der Waals surface area contributed by atoms with E-state index in [0.29, 0.717) is 44.5 Å². The van der Waals surface area contributed by atoms with E-state index in [9.17, 15) is 9.59 Å². The number of benzene rings is 2. The maximum atomic E-state index is 13.8. The fourth-order valence-corrected chi connectivity index (χ4v) is 5.52. The van der Waals surface area contributed by atoms with Gasteiger partial charge in [0.25, 0.3) is 5.56 Å². The van der Waals surface area contributed by atoms with Crippen molar-refractivity contribution in [3.05, 3.63) is 97.2 Å². The fourth-order valence-electron chi connectivity index (χ4n) is 4.48. The van der Waals surface area contributed by atoms with Gasteiger partial charge in [0, 0.05) is 0 Å². The monoisotopic (exact) mass is 562 g/mol. The van der Waals surface area contributed by atoms with Crippen LogP contribution in [0.1, 0.15) is 50.3 Å². The van der Waals surface area contributed by atoms with Crippen LogP contribution in [-0.2, 0) is 9.53 Å². The Labute approximate surface area is 237 Å². The molecule has 1 unspecified atom stereocenters. The Morgan fingerprint density at radius 3 is 2.55 bits per heavy atom. The van der Waals surface area contributed by atoms with Crippen molar-refractivity contribution < 1.29 is 23.7 Å². The summed E-state index contributed by atoms with van der Waals surface area (Å²) < 4.78 is 24.2. The summed E-state index contributed by atoms with van der Waals surface area (Å²) in [5.74, 6) is 1.38. The van der Waals surface area contributed by atoms with Crippen LogP contribution >= 0.6 is 11.3 Å². The first-order chi connectivity index (χ1) is 19.4. The van der Waals surface area contributed by atoms with Gasteiger partial charge in [-0.2, -0.15) is 0 Å². The van der Waals surface area contributed by atoms with Crippen LogP contribution in [0.3, 0.4) is 0 Å². The molecule has 9 heteroatoms. The van der Waals surface area contributed by atoms with Crippen LogP contribution < -0.4 is 29.1 Å². The third-order valence-corrected chi connectivity index (χ3v) is 7.48. The molecule has 1 aliphatic rings.